The van der Waals surface area contributed by atoms with E-state index in [4.69, 9.17) is 15.0 Å². The van der Waals surface area contributed by atoms with E-state index in [2.05, 4.69) is 20.8 Å². The first-order valence-corrected chi connectivity index (χ1v) is 3.46. The van der Waals surface area contributed by atoms with Crippen molar-refractivity contribution in [3.05, 3.63) is 0 Å². The molecule has 0 spiro atoms. The minimum absolute atomic E-state index is 0.935. The molecule has 0 aliphatic heterocycles. The predicted molar refractivity (Wildman–Crippen MR) is 40.4 cm³/mol. The third-order valence-electron chi connectivity index (χ3n) is 1.39. The molecular formula is C7H16O3. The molecule has 0 saturated heterocycles. The number of rotatable bonds is 2. The fourth-order valence-electron chi connectivity index (χ4n) is 0.289. The molecule has 0 fully saturated rings. The van der Waals surface area contributed by atoms with Crippen LogP contribution in [0.3, 0.4) is 0 Å². The molecule has 0 aliphatic rings. The Kier molecular flexibility index (Phi) is 9.92. The highest BCUT2D eigenvalue weighted by atomic mass is 16.6. The van der Waals surface area contributed by atoms with Crippen molar-refractivity contribution in [1.29, 1.82) is 0 Å². The van der Waals surface area contributed by atoms with Crippen molar-refractivity contribution in [2.45, 2.75) is 33.6 Å². The Bertz CT molecular complexity index is 72.9. The molecule has 0 atom stereocenters. The fraction of sp³-hybridized carbons (Fsp3) is 0.857. The van der Waals surface area contributed by atoms with Gasteiger partial charge in [-0.2, -0.15) is 0 Å². The lowest BCUT2D eigenvalue weighted by Gasteiger charge is -1.98. The summed E-state index contributed by atoms with van der Waals surface area (Å²) >= 11 is 0. The molecule has 2 N–H and O–H groups in total. The molecule has 0 heterocycles. The second-order valence-corrected chi connectivity index (χ2v) is 2.20. The Labute approximate surface area is 61.7 Å². The van der Waals surface area contributed by atoms with Crippen molar-refractivity contribution in [2.24, 2.45) is 5.92 Å². The number of hydrogen-bond donors (Lipinski definition) is 2. The van der Waals surface area contributed by atoms with Crippen LogP contribution in [0, 0.1) is 5.92 Å². The van der Waals surface area contributed by atoms with Crippen LogP contribution in [-0.2, 0) is 0 Å². The lowest BCUT2D eigenvalue weighted by Crippen LogP contribution is -1.85. The normalized spacial score (nSPS) is 8.40. The molecule has 10 heavy (non-hydrogen) atoms. The molecule has 0 rings (SSSR count). The first-order chi connectivity index (χ1) is 4.54. The maximum atomic E-state index is 8.56. The van der Waals surface area contributed by atoms with Gasteiger partial charge in [-0.1, -0.05) is 33.6 Å². The van der Waals surface area contributed by atoms with Crippen LogP contribution in [0.5, 0.6) is 0 Å². The standard InChI is InChI=1S/C6H14.CH2O3/c1-4-6(3)5-2;2-1(3)4/h6H,4-5H2,1-3H3;(H2,2,3,4). The number of carboxylic acid groups (broad SMARTS) is 2. The van der Waals surface area contributed by atoms with Crippen LogP contribution in [0.1, 0.15) is 33.6 Å². The molecule has 0 aromatic rings. The molecule has 0 aromatic carbocycles. The lowest BCUT2D eigenvalue weighted by molar-refractivity contribution is 0.137. The van der Waals surface area contributed by atoms with Crippen molar-refractivity contribution >= 4 is 6.16 Å². The molecular weight excluding hydrogens is 132 g/mol. The van der Waals surface area contributed by atoms with Crippen LogP contribution in [0.2, 0.25) is 0 Å². The highest BCUT2D eigenvalue weighted by molar-refractivity contribution is 5.53. The van der Waals surface area contributed by atoms with Gasteiger partial charge in [0, 0.05) is 0 Å². The maximum absolute atomic E-state index is 8.56. The maximum Gasteiger partial charge on any atom is 0.503 e. The molecule has 0 aromatic heterocycles. The Morgan fingerprint density at radius 1 is 1.30 bits per heavy atom. The van der Waals surface area contributed by atoms with Gasteiger partial charge in [0.15, 0.2) is 0 Å². The van der Waals surface area contributed by atoms with Crippen LogP contribution in [0.25, 0.3) is 0 Å². The SMILES string of the molecule is CCC(C)CC.O=C(O)O. The zero-order valence-electron chi connectivity index (χ0n) is 6.79. The van der Waals surface area contributed by atoms with Crippen LogP contribution in [0.4, 0.5) is 4.79 Å². The van der Waals surface area contributed by atoms with E-state index in [1.807, 2.05) is 0 Å². The Balaban J connectivity index is 0. The van der Waals surface area contributed by atoms with E-state index in [1.165, 1.54) is 12.8 Å². The summed E-state index contributed by atoms with van der Waals surface area (Å²) in [5, 5.41) is 13.9. The number of hydrogen-bond acceptors (Lipinski definition) is 1. The molecule has 0 amide bonds. The second-order valence-electron chi connectivity index (χ2n) is 2.20. The van der Waals surface area contributed by atoms with Gasteiger partial charge in [-0.25, -0.2) is 4.79 Å². The second kappa shape index (κ2) is 8.27. The topological polar surface area (TPSA) is 57.5 Å². The average molecular weight is 148 g/mol. The average Bonchev–Trinajstić information content (AvgIpc) is 1.85. The predicted octanol–water partition coefficient (Wildman–Crippen LogP) is 2.66. The summed E-state index contributed by atoms with van der Waals surface area (Å²) in [4.78, 5) is 8.56. The Hall–Kier alpha value is -0.730. The third kappa shape index (κ3) is 26.7. The first kappa shape index (κ1) is 12.0. The first-order valence-electron chi connectivity index (χ1n) is 3.46. The third-order valence-corrected chi connectivity index (χ3v) is 1.39. The number of carbonyl (C=O) groups is 1. The summed E-state index contributed by atoms with van der Waals surface area (Å²) in [5.41, 5.74) is 0. The minimum Gasteiger partial charge on any atom is -0.450 e. The van der Waals surface area contributed by atoms with Gasteiger partial charge in [0.2, 0.25) is 0 Å². The van der Waals surface area contributed by atoms with Crippen LogP contribution in [-0.4, -0.2) is 16.4 Å². The molecule has 0 radical (unpaired) electrons. The van der Waals surface area contributed by atoms with Gasteiger partial charge >= 0.3 is 6.16 Å². The van der Waals surface area contributed by atoms with Gasteiger partial charge < -0.3 is 10.2 Å². The quantitative estimate of drug-likeness (QED) is 0.633. The van der Waals surface area contributed by atoms with E-state index >= 15 is 0 Å². The van der Waals surface area contributed by atoms with E-state index in [-0.39, 0.29) is 0 Å². The summed E-state index contributed by atoms with van der Waals surface area (Å²) in [6.45, 7) is 6.74. The van der Waals surface area contributed by atoms with Gasteiger partial charge in [-0.3, -0.25) is 0 Å². The minimum atomic E-state index is -1.83. The van der Waals surface area contributed by atoms with E-state index in [0.717, 1.165) is 5.92 Å². The monoisotopic (exact) mass is 148 g/mol. The molecule has 0 bridgehead atoms. The zero-order valence-corrected chi connectivity index (χ0v) is 6.79. The van der Waals surface area contributed by atoms with Crippen LogP contribution >= 0.6 is 0 Å². The summed E-state index contributed by atoms with van der Waals surface area (Å²) in [5.74, 6) is 0.935. The molecule has 0 unspecified atom stereocenters. The molecule has 3 nitrogen and oxygen atoms in total. The fourth-order valence-corrected chi connectivity index (χ4v) is 0.289. The van der Waals surface area contributed by atoms with Gasteiger partial charge in [-0.15, -0.1) is 0 Å². The Morgan fingerprint density at radius 2 is 1.50 bits per heavy atom. The summed E-state index contributed by atoms with van der Waals surface area (Å²) in [6, 6.07) is 0. The zero-order chi connectivity index (χ0) is 8.57. The van der Waals surface area contributed by atoms with Gasteiger partial charge in [0.05, 0.1) is 0 Å². The molecule has 62 valence electrons. The van der Waals surface area contributed by atoms with Crippen molar-refractivity contribution < 1.29 is 15.0 Å². The summed E-state index contributed by atoms with van der Waals surface area (Å²) in [7, 11) is 0. The van der Waals surface area contributed by atoms with Gasteiger partial charge in [-0.05, 0) is 5.92 Å². The molecule has 3 heteroatoms. The highest BCUT2D eigenvalue weighted by Gasteiger charge is 1.88. The van der Waals surface area contributed by atoms with Crippen LogP contribution in [0.15, 0.2) is 0 Å². The van der Waals surface area contributed by atoms with Gasteiger partial charge in [0.1, 0.15) is 0 Å². The molecule has 0 saturated carbocycles. The highest BCUT2D eigenvalue weighted by Crippen LogP contribution is 2.02. The molecule has 0 aliphatic carbocycles. The van der Waals surface area contributed by atoms with Crippen molar-refractivity contribution in [1.82, 2.24) is 0 Å². The summed E-state index contributed by atoms with van der Waals surface area (Å²) in [6.07, 6.45) is 0.826. The largest absolute Gasteiger partial charge is 0.503 e. The van der Waals surface area contributed by atoms with E-state index in [1.54, 1.807) is 0 Å². The van der Waals surface area contributed by atoms with Gasteiger partial charge in [0.25, 0.3) is 0 Å². The van der Waals surface area contributed by atoms with Crippen molar-refractivity contribution in [2.75, 3.05) is 0 Å². The van der Waals surface area contributed by atoms with Crippen molar-refractivity contribution in [3.8, 4) is 0 Å². The van der Waals surface area contributed by atoms with E-state index in [0.29, 0.717) is 0 Å². The van der Waals surface area contributed by atoms with E-state index in [9.17, 15) is 0 Å². The van der Waals surface area contributed by atoms with E-state index < -0.39 is 6.16 Å². The van der Waals surface area contributed by atoms with Crippen LogP contribution < -0.4 is 0 Å². The smallest absolute Gasteiger partial charge is 0.450 e. The lowest BCUT2D eigenvalue weighted by atomic mass is 10.1. The Morgan fingerprint density at radius 3 is 1.50 bits per heavy atom. The summed E-state index contributed by atoms with van der Waals surface area (Å²) < 4.78 is 0. The van der Waals surface area contributed by atoms with Crippen molar-refractivity contribution in [3.63, 3.8) is 0 Å².